The van der Waals surface area contributed by atoms with E-state index in [9.17, 15) is 9.90 Å². The molecule has 2 N–H and O–H groups in total. The molecule has 140 valence electrons. The van der Waals surface area contributed by atoms with Gasteiger partial charge < -0.3 is 9.84 Å². The molecule has 0 saturated heterocycles. The molecule has 2 aromatic heterocycles. The monoisotopic (exact) mass is 437 g/mol. The number of pyridine rings is 1. The Kier molecular flexibility index (Phi) is 4.83. The average Bonchev–Trinajstić information content (AvgIpc) is 3.12. The highest BCUT2D eigenvalue weighted by atomic mass is 79.9. The fourth-order valence-electron chi connectivity index (χ4n) is 3.05. The normalized spacial score (nSPS) is 10.9. The molecule has 7 heteroatoms. The second kappa shape index (κ2) is 7.44. The van der Waals surface area contributed by atoms with Crippen LogP contribution in [0.2, 0.25) is 0 Å². The Morgan fingerprint density at radius 1 is 1.11 bits per heavy atom. The molecule has 4 aromatic rings. The zero-order valence-corrected chi connectivity index (χ0v) is 16.5. The largest absolute Gasteiger partial charge is 0.494 e. The summed E-state index contributed by atoms with van der Waals surface area (Å²) in [5, 5.41) is 17.5. The molecule has 0 aliphatic carbocycles. The summed E-state index contributed by atoms with van der Waals surface area (Å²) in [6.45, 7) is 2.50. The molecule has 0 radical (unpaired) electrons. The van der Waals surface area contributed by atoms with Gasteiger partial charge in [0.25, 0.3) is 0 Å². The van der Waals surface area contributed by atoms with Crippen LogP contribution in [0, 0.1) is 0 Å². The Balaban J connectivity index is 1.86. The third kappa shape index (κ3) is 3.36. The van der Waals surface area contributed by atoms with Gasteiger partial charge in [-0.15, -0.1) is 0 Å². The minimum atomic E-state index is -1.03. The first-order valence-corrected chi connectivity index (χ1v) is 9.47. The lowest BCUT2D eigenvalue weighted by molar-refractivity contribution is 0.0699. The maximum Gasteiger partial charge on any atom is 0.336 e. The summed E-state index contributed by atoms with van der Waals surface area (Å²) < 4.78 is 6.40. The maximum absolute atomic E-state index is 12.0. The van der Waals surface area contributed by atoms with Crippen LogP contribution in [-0.4, -0.2) is 32.9 Å². The molecular formula is C21H16BrN3O3. The van der Waals surface area contributed by atoms with Crippen LogP contribution in [0.5, 0.6) is 5.75 Å². The van der Waals surface area contributed by atoms with Gasteiger partial charge in [0, 0.05) is 15.6 Å². The van der Waals surface area contributed by atoms with E-state index < -0.39 is 5.97 Å². The van der Waals surface area contributed by atoms with Crippen molar-refractivity contribution in [3.8, 4) is 28.3 Å². The lowest BCUT2D eigenvalue weighted by Crippen LogP contribution is -2.00. The number of benzene rings is 2. The van der Waals surface area contributed by atoms with Crippen LogP contribution in [0.15, 0.2) is 59.1 Å². The number of nitrogens with zero attached hydrogens (tertiary/aromatic N) is 2. The van der Waals surface area contributed by atoms with Crippen LogP contribution in [0.25, 0.3) is 33.5 Å². The molecule has 28 heavy (non-hydrogen) atoms. The predicted octanol–water partition coefficient (Wildman–Crippen LogP) is 5.15. The molecule has 6 nitrogen and oxygen atoms in total. The Bertz CT molecular complexity index is 1150. The molecule has 0 fully saturated rings. The van der Waals surface area contributed by atoms with Gasteiger partial charge in [-0.05, 0) is 49.4 Å². The number of H-pyrrole nitrogens is 1. The number of fused-ring (bicyclic) bond motifs is 1. The number of aromatic amines is 1. The summed E-state index contributed by atoms with van der Waals surface area (Å²) in [5.41, 5.74) is 3.32. The number of aromatic nitrogens is 3. The third-order valence-electron chi connectivity index (χ3n) is 4.35. The number of halogens is 1. The highest BCUT2D eigenvalue weighted by Gasteiger charge is 2.19. The topological polar surface area (TPSA) is 88.1 Å². The lowest BCUT2D eigenvalue weighted by atomic mass is 10.0. The van der Waals surface area contributed by atoms with Crippen molar-refractivity contribution < 1.29 is 14.6 Å². The summed E-state index contributed by atoms with van der Waals surface area (Å²) in [6.07, 6.45) is 0. The number of hydrogen-bond donors (Lipinski definition) is 2. The standard InChI is InChI=1S/C21H16BrN3O3/c1-2-28-15-9-5-13(6-10-15)19-18-16(21(26)27)11-17(23-20(18)25-24-19)12-3-7-14(22)8-4-12/h3-11H,2H2,1H3,(H,26,27)(H,23,24,25). The van der Waals surface area contributed by atoms with E-state index in [0.717, 1.165) is 21.3 Å². The fourth-order valence-corrected chi connectivity index (χ4v) is 3.32. The molecule has 2 aromatic carbocycles. The van der Waals surface area contributed by atoms with Gasteiger partial charge >= 0.3 is 5.97 Å². The van der Waals surface area contributed by atoms with Crippen LogP contribution in [-0.2, 0) is 0 Å². The molecule has 0 unspecified atom stereocenters. The van der Waals surface area contributed by atoms with Gasteiger partial charge in [-0.25, -0.2) is 9.78 Å². The van der Waals surface area contributed by atoms with Gasteiger partial charge in [0.05, 0.1) is 28.9 Å². The van der Waals surface area contributed by atoms with E-state index in [-0.39, 0.29) is 5.56 Å². The summed E-state index contributed by atoms with van der Waals surface area (Å²) in [5.74, 6) is -0.275. The first-order chi connectivity index (χ1) is 13.6. The molecule has 0 spiro atoms. The van der Waals surface area contributed by atoms with Gasteiger partial charge in [-0.2, -0.15) is 5.10 Å². The van der Waals surface area contributed by atoms with Crippen molar-refractivity contribution in [2.45, 2.75) is 6.92 Å². The number of aromatic carboxylic acids is 1. The average molecular weight is 438 g/mol. The smallest absolute Gasteiger partial charge is 0.336 e. The van der Waals surface area contributed by atoms with Crippen molar-refractivity contribution in [2.75, 3.05) is 6.61 Å². The van der Waals surface area contributed by atoms with E-state index >= 15 is 0 Å². The molecule has 0 atom stereocenters. The Morgan fingerprint density at radius 2 is 1.79 bits per heavy atom. The molecule has 4 rings (SSSR count). The van der Waals surface area contributed by atoms with Gasteiger partial charge in [-0.1, -0.05) is 28.1 Å². The van der Waals surface area contributed by atoms with E-state index in [1.165, 1.54) is 0 Å². The molecular weight excluding hydrogens is 422 g/mol. The molecule has 0 aliphatic rings. The Morgan fingerprint density at radius 3 is 2.43 bits per heavy atom. The molecule has 0 amide bonds. The highest BCUT2D eigenvalue weighted by Crippen LogP contribution is 2.32. The van der Waals surface area contributed by atoms with Gasteiger partial charge in [0.2, 0.25) is 0 Å². The SMILES string of the molecule is CCOc1ccc(-c2[nH]nc3nc(-c4ccc(Br)cc4)cc(C(=O)O)c23)cc1. The predicted molar refractivity (Wildman–Crippen MR) is 111 cm³/mol. The maximum atomic E-state index is 12.0. The van der Waals surface area contributed by atoms with Crippen molar-refractivity contribution in [1.82, 2.24) is 15.2 Å². The Hall–Kier alpha value is -3.19. The zero-order valence-electron chi connectivity index (χ0n) is 14.9. The van der Waals surface area contributed by atoms with Crippen LogP contribution in [0.4, 0.5) is 0 Å². The van der Waals surface area contributed by atoms with E-state index in [2.05, 4.69) is 31.1 Å². The number of hydrogen-bond acceptors (Lipinski definition) is 4. The number of rotatable bonds is 5. The van der Waals surface area contributed by atoms with Crippen molar-refractivity contribution in [2.24, 2.45) is 0 Å². The van der Waals surface area contributed by atoms with Crippen molar-refractivity contribution >= 4 is 32.9 Å². The molecule has 2 heterocycles. The lowest BCUT2D eigenvalue weighted by Gasteiger charge is -2.07. The van der Waals surface area contributed by atoms with Crippen molar-refractivity contribution in [3.05, 3.63) is 64.6 Å². The van der Waals surface area contributed by atoms with Crippen LogP contribution >= 0.6 is 15.9 Å². The number of carboxylic acids is 1. The zero-order chi connectivity index (χ0) is 19.7. The summed E-state index contributed by atoms with van der Waals surface area (Å²) in [7, 11) is 0. The van der Waals surface area contributed by atoms with Gasteiger partial charge in [0.15, 0.2) is 5.65 Å². The molecule has 0 saturated carbocycles. The second-order valence-electron chi connectivity index (χ2n) is 6.12. The van der Waals surface area contributed by atoms with Crippen LogP contribution in [0.1, 0.15) is 17.3 Å². The number of carbonyl (C=O) groups is 1. The molecule has 0 aliphatic heterocycles. The second-order valence-corrected chi connectivity index (χ2v) is 7.04. The van der Waals surface area contributed by atoms with E-state index in [0.29, 0.717) is 29.0 Å². The summed E-state index contributed by atoms with van der Waals surface area (Å²) >= 11 is 3.40. The van der Waals surface area contributed by atoms with Gasteiger partial charge in [-0.3, -0.25) is 5.10 Å². The summed E-state index contributed by atoms with van der Waals surface area (Å²) in [4.78, 5) is 16.5. The van der Waals surface area contributed by atoms with Crippen LogP contribution in [0.3, 0.4) is 0 Å². The first-order valence-electron chi connectivity index (χ1n) is 8.68. The first kappa shape index (κ1) is 18.2. The Labute approximate surface area is 169 Å². The number of nitrogens with one attached hydrogen (secondary N) is 1. The molecule has 0 bridgehead atoms. The minimum Gasteiger partial charge on any atom is -0.494 e. The minimum absolute atomic E-state index is 0.153. The van der Waals surface area contributed by atoms with Crippen LogP contribution < -0.4 is 4.74 Å². The van der Waals surface area contributed by atoms with E-state index in [4.69, 9.17) is 4.74 Å². The summed E-state index contributed by atoms with van der Waals surface area (Å²) in [6, 6.07) is 16.5. The quantitative estimate of drug-likeness (QED) is 0.450. The number of ether oxygens (including phenoxy) is 1. The van der Waals surface area contributed by atoms with Crippen molar-refractivity contribution in [3.63, 3.8) is 0 Å². The highest BCUT2D eigenvalue weighted by molar-refractivity contribution is 9.10. The van der Waals surface area contributed by atoms with E-state index in [1.807, 2.05) is 55.5 Å². The number of carboxylic acid groups (broad SMARTS) is 1. The van der Waals surface area contributed by atoms with Gasteiger partial charge in [0.1, 0.15) is 5.75 Å². The van der Waals surface area contributed by atoms with E-state index in [1.54, 1.807) is 6.07 Å². The van der Waals surface area contributed by atoms with Crippen molar-refractivity contribution in [1.29, 1.82) is 0 Å². The fraction of sp³-hybridized carbons (Fsp3) is 0.0952. The third-order valence-corrected chi connectivity index (χ3v) is 4.88.